The molecule has 0 radical (unpaired) electrons. The molecule has 6 aromatic rings. The van der Waals surface area contributed by atoms with E-state index >= 15 is 0 Å². The van der Waals surface area contributed by atoms with Gasteiger partial charge in [-0.25, -0.2) is 9.59 Å². The molecular weight excluding hydrogens is 777 g/mol. The molecule has 63 heavy (non-hydrogen) atoms. The van der Waals surface area contributed by atoms with Crippen LogP contribution in [0.4, 0.5) is 17.1 Å². The van der Waals surface area contributed by atoms with Crippen LogP contribution in [-0.2, 0) is 15.6 Å². The number of anilines is 3. The first-order valence-electron chi connectivity index (χ1n) is 23.1. The highest BCUT2D eigenvalue weighted by atomic mass is 16.4. The number of nitriles is 1. The SMILES string of the molecule is CCCCC1(CCCC)c2ccccc2-c2ccc(N(c3ccc4c(c3)C(CCCC)(CCCC)c3ccccc3-4)c3ccc4cc(/C=C/C=C(/C#N)C(=O)O)c(=O)oc4c3)cc21. The van der Waals surface area contributed by atoms with Crippen molar-refractivity contribution in [3.05, 3.63) is 165 Å². The van der Waals surface area contributed by atoms with Crippen LogP contribution >= 0.6 is 0 Å². The average Bonchev–Trinajstić information content (AvgIpc) is 3.73. The number of allylic oxidation sites excluding steroid dienone is 2. The highest BCUT2D eigenvalue weighted by molar-refractivity contribution is 5.92. The van der Waals surface area contributed by atoms with E-state index in [1.165, 1.54) is 62.7 Å². The third-order valence-electron chi connectivity index (χ3n) is 13.7. The van der Waals surface area contributed by atoms with Crippen LogP contribution in [-0.4, -0.2) is 11.1 Å². The van der Waals surface area contributed by atoms with Gasteiger partial charge in [0.1, 0.15) is 17.2 Å². The Morgan fingerprint density at radius 1 is 0.635 bits per heavy atom. The van der Waals surface area contributed by atoms with Gasteiger partial charge in [0, 0.05) is 39.3 Å². The van der Waals surface area contributed by atoms with Crippen molar-refractivity contribution in [3.8, 4) is 28.3 Å². The molecule has 0 saturated heterocycles. The Labute approximate surface area is 372 Å². The third kappa shape index (κ3) is 7.84. The fourth-order valence-corrected chi connectivity index (χ4v) is 10.6. The Bertz CT molecular complexity index is 2700. The van der Waals surface area contributed by atoms with Gasteiger partial charge in [-0.3, -0.25) is 0 Å². The van der Waals surface area contributed by atoms with Gasteiger partial charge in [0.2, 0.25) is 0 Å². The van der Waals surface area contributed by atoms with Crippen molar-refractivity contribution in [1.82, 2.24) is 0 Å². The summed E-state index contributed by atoms with van der Waals surface area (Å²) in [6, 6.07) is 41.7. The molecule has 0 aliphatic heterocycles. The fraction of sp³-hybridized carbons (Fsp3) is 0.316. The van der Waals surface area contributed by atoms with Gasteiger partial charge < -0.3 is 14.4 Å². The maximum Gasteiger partial charge on any atom is 0.346 e. The number of carbonyl (C=O) groups is 1. The normalized spacial score (nSPS) is 14.3. The molecule has 5 aromatic carbocycles. The van der Waals surface area contributed by atoms with Gasteiger partial charge in [-0.05, 0) is 125 Å². The number of aliphatic carboxylic acids is 1. The van der Waals surface area contributed by atoms with Gasteiger partial charge in [-0.15, -0.1) is 0 Å². The monoisotopic (exact) mass is 834 g/mol. The third-order valence-corrected chi connectivity index (χ3v) is 13.7. The summed E-state index contributed by atoms with van der Waals surface area (Å²) in [4.78, 5) is 27.2. The largest absolute Gasteiger partial charge is 0.477 e. The number of rotatable bonds is 18. The molecule has 0 saturated carbocycles. The zero-order valence-corrected chi connectivity index (χ0v) is 37.2. The number of benzene rings is 5. The van der Waals surface area contributed by atoms with E-state index in [-0.39, 0.29) is 16.4 Å². The molecule has 320 valence electrons. The fourth-order valence-electron chi connectivity index (χ4n) is 10.6. The van der Waals surface area contributed by atoms with Crippen molar-refractivity contribution in [2.24, 2.45) is 0 Å². The lowest BCUT2D eigenvalue weighted by atomic mass is 9.70. The van der Waals surface area contributed by atoms with Gasteiger partial charge in [0.25, 0.3) is 0 Å². The smallest absolute Gasteiger partial charge is 0.346 e. The highest BCUT2D eigenvalue weighted by Gasteiger charge is 2.44. The van der Waals surface area contributed by atoms with Crippen molar-refractivity contribution in [2.45, 2.75) is 116 Å². The lowest BCUT2D eigenvalue weighted by Crippen LogP contribution is -2.26. The molecule has 6 nitrogen and oxygen atoms in total. The quantitative estimate of drug-likeness (QED) is 0.0401. The number of carboxylic acid groups (broad SMARTS) is 1. The molecule has 6 heteroatoms. The standard InChI is InChI=1S/C57H58N2O4/c1-5-9-30-56(31-10-6-2)49-22-15-13-20-45(49)47-28-26-42(35-51(47)56)59(44-25-24-39-34-40(55(62)63-53(39)37-44)18-17-19-41(38-58)54(60)61)43-27-29-48-46-21-14-16-23-50(46)57(32-11-7-3,33-12-8-4)52(48)36-43/h13-29,34-37H,5-12,30-33H2,1-4H3,(H,60,61)/b18-17+,41-19-. The van der Waals surface area contributed by atoms with E-state index in [0.717, 1.165) is 99.5 Å². The van der Waals surface area contributed by atoms with Crippen LogP contribution in [0.3, 0.4) is 0 Å². The van der Waals surface area contributed by atoms with Crippen LogP contribution in [0.5, 0.6) is 0 Å². The molecule has 0 unspecified atom stereocenters. The van der Waals surface area contributed by atoms with E-state index in [4.69, 9.17) is 4.42 Å². The predicted octanol–water partition coefficient (Wildman–Crippen LogP) is 15.1. The minimum Gasteiger partial charge on any atom is -0.477 e. The Morgan fingerprint density at radius 3 is 1.57 bits per heavy atom. The van der Waals surface area contributed by atoms with E-state index in [1.807, 2.05) is 12.1 Å². The molecule has 0 fully saturated rings. The molecule has 0 atom stereocenters. The summed E-state index contributed by atoms with van der Waals surface area (Å²) in [6.07, 6.45) is 17.5. The minimum absolute atomic E-state index is 0.0948. The van der Waals surface area contributed by atoms with Gasteiger partial charge in [0.05, 0.1) is 5.56 Å². The first-order chi connectivity index (χ1) is 30.7. The molecule has 2 aliphatic carbocycles. The number of unbranched alkanes of at least 4 members (excludes halogenated alkanes) is 4. The second-order valence-electron chi connectivity index (χ2n) is 17.5. The number of nitrogens with zero attached hydrogens (tertiary/aromatic N) is 2. The zero-order chi connectivity index (χ0) is 44.1. The molecule has 2 aliphatic rings. The van der Waals surface area contributed by atoms with Crippen LogP contribution in [0.15, 0.2) is 136 Å². The molecule has 1 N–H and O–H groups in total. The summed E-state index contributed by atoms with van der Waals surface area (Å²) in [5, 5.41) is 19.2. The first-order valence-corrected chi connectivity index (χ1v) is 23.1. The van der Waals surface area contributed by atoms with Crippen molar-refractivity contribution in [3.63, 3.8) is 0 Å². The summed E-state index contributed by atoms with van der Waals surface area (Å²) in [5.74, 6) is -1.33. The van der Waals surface area contributed by atoms with Gasteiger partial charge in [0.15, 0.2) is 0 Å². The molecule has 0 spiro atoms. The average molecular weight is 835 g/mol. The van der Waals surface area contributed by atoms with Crippen molar-refractivity contribution in [1.29, 1.82) is 5.26 Å². The molecule has 0 amide bonds. The Morgan fingerprint density at radius 2 is 1.10 bits per heavy atom. The lowest BCUT2D eigenvalue weighted by Gasteiger charge is -2.35. The Hall–Kier alpha value is -6.45. The van der Waals surface area contributed by atoms with E-state index in [1.54, 1.807) is 12.1 Å². The topological polar surface area (TPSA) is 94.5 Å². The van der Waals surface area contributed by atoms with E-state index in [9.17, 15) is 20.0 Å². The maximum absolute atomic E-state index is 13.5. The number of carboxylic acids is 1. The van der Waals surface area contributed by atoms with Crippen LogP contribution in [0.25, 0.3) is 39.3 Å². The van der Waals surface area contributed by atoms with E-state index in [2.05, 4.69) is 124 Å². The molecule has 1 heterocycles. The molecular formula is C57H58N2O4. The summed E-state index contributed by atoms with van der Waals surface area (Å²) in [6.45, 7) is 9.16. The predicted molar refractivity (Wildman–Crippen MR) is 258 cm³/mol. The number of fused-ring (bicyclic) bond motifs is 7. The summed E-state index contributed by atoms with van der Waals surface area (Å²) < 4.78 is 6.03. The van der Waals surface area contributed by atoms with Crippen LogP contribution in [0.2, 0.25) is 0 Å². The van der Waals surface area contributed by atoms with Gasteiger partial charge in [-0.1, -0.05) is 146 Å². The second kappa shape index (κ2) is 18.5. The summed E-state index contributed by atoms with van der Waals surface area (Å²) in [5.41, 5.74) is 13.5. The summed E-state index contributed by atoms with van der Waals surface area (Å²) >= 11 is 0. The van der Waals surface area contributed by atoms with E-state index < -0.39 is 17.2 Å². The molecule has 8 rings (SSSR count). The maximum atomic E-state index is 13.5. The lowest BCUT2D eigenvalue weighted by molar-refractivity contribution is -0.132. The minimum atomic E-state index is -1.33. The van der Waals surface area contributed by atoms with Crippen LogP contribution < -0.4 is 10.5 Å². The van der Waals surface area contributed by atoms with Crippen molar-refractivity contribution < 1.29 is 14.3 Å². The number of hydrogen-bond donors (Lipinski definition) is 1. The van der Waals surface area contributed by atoms with Gasteiger partial charge in [-0.2, -0.15) is 5.26 Å². The Kier molecular flexibility index (Phi) is 12.7. The zero-order valence-electron chi connectivity index (χ0n) is 37.2. The summed E-state index contributed by atoms with van der Waals surface area (Å²) in [7, 11) is 0. The van der Waals surface area contributed by atoms with Crippen LogP contribution in [0, 0.1) is 11.3 Å². The highest BCUT2D eigenvalue weighted by Crippen LogP contribution is 2.57. The van der Waals surface area contributed by atoms with E-state index in [0.29, 0.717) is 5.58 Å². The molecule has 0 bridgehead atoms. The second-order valence-corrected chi connectivity index (χ2v) is 17.5. The van der Waals surface area contributed by atoms with Crippen molar-refractivity contribution >= 4 is 40.1 Å². The van der Waals surface area contributed by atoms with Crippen LogP contribution in [0.1, 0.15) is 133 Å². The van der Waals surface area contributed by atoms with Gasteiger partial charge >= 0.3 is 11.6 Å². The number of hydrogen-bond acceptors (Lipinski definition) is 5. The first kappa shape index (κ1) is 43.2. The molecule has 1 aromatic heterocycles. The van der Waals surface area contributed by atoms with Crippen molar-refractivity contribution in [2.75, 3.05) is 4.90 Å². The Balaban J connectivity index is 1.33.